The number of carbonyl (C=O) groups excluding carboxylic acids is 2. The summed E-state index contributed by atoms with van der Waals surface area (Å²) in [5.41, 5.74) is 3.19. The third kappa shape index (κ3) is 8.47. The van der Waals surface area contributed by atoms with E-state index >= 15 is 0 Å². The van der Waals surface area contributed by atoms with Crippen LogP contribution in [0.4, 0.5) is 0 Å². The molecule has 0 aliphatic carbocycles. The maximum Gasteiger partial charge on any atom is 0.303 e. The van der Waals surface area contributed by atoms with Gasteiger partial charge in [0.1, 0.15) is 0 Å². The molecule has 0 aliphatic rings. The maximum absolute atomic E-state index is 11.6. The van der Waals surface area contributed by atoms with Gasteiger partial charge >= 0.3 is 5.97 Å². The molecule has 0 aromatic rings. The second kappa shape index (κ2) is 9.86. The molecular formula is C14H22O3. The van der Waals surface area contributed by atoms with Crippen LogP contribution in [0.25, 0.3) is 0 Å². The van der Waals surface area contributed by atoms with Gasteiger partial charge < -0.3 is 4.74 Å². The molecule has 0 saturated carbocycles. The first-order chi connectivity index (χ1) is 8.11. The molecule has 3 heteroatoms. The number of ketones is 1. The second-order valence-electron chi connectivity index (χ2n) is 4.02. The zero-order valence-corrected chi connectivity index (χ0v) is 10.9. The number of hydrogen-bond acceptors (Lipinski definition) is 3. The van der Waals surface area contributed by atoms with Crippen molar-refractivity contribution < 1.29 is 14.3 Å². The lowest BCUT2D eigenvalue weighted by atomic mass is 10.0. The second-order valence-corrected chi connectivity index (χ2v) is 4.02. The fourth-order valence-corrected chi connectivity index (χ4v) is 1.49. The number of carbonyl (C=O) groups is 2. The van der Waals surface area contributed by atoms with Crippen LogP contribution in [-0.2, 0) is 14.3 Å². The van der Waals surface area contributed by atoms with E-state index in [0.29, 0.717) is 12.0 Å². The lowest BCUT2D eigenvalue weighted by molar-refractivity contribution is -0.144. The van der Waals surface area contributed by atoms with Crippen LogP contribution in [0.1, 0.15) is 52.4 Å². The van der Waals surface area contributed by atoms with E-state index in [-0.39, 0.29) is 12.4 Å². The van der Waals surface area contributed by atoms with Gasteiger partial charge in [0.2, 0.25) is 5.78 Å². The third-order valence-electron chi connectivity index (χ3n) is 2.49. The highest BCUT2D eigenvalue weighted by Crippen LogP contribution is 2.11. The first-order valence-electron chi connectivity index (χ1n) is 6.17. The van der Waals surface area contributed by atoms with Crippen LogP contribution in [0, 0.1) is 0 Å². The fraction of sp³-hybridized carbons (Fsp3) is 0.643. The monoisotopic (exact) mass is 238 g/mol. The largest absolute Gasteiger partial charge is 0.457 e. The molecule has 0 unspecified atom stereocenters. The molecule has 0 radical (unpaired) electrons. The van der Waals surface area contributed by atoms with E-state index < -0.39 is 5.97 Å². The highest BCUT2D eigenvalue weighted by Gasteiger charge is 2.10. The molecule has 96 valence electrons. The third-order valence-corrected chi connectivity index (χ3v) is 2.49. The van der Waals surface area contributed by atoms with E-state index in [0.717, 1.165) is 12.8 Å². The van der Waals surface area contributed by atoms with Gasteiger partial charge in [0.15, 0.2) is 6.61 Å². The number of hydrogen-bond donors (Lipinski definition) is 0. The minimum Gasteiger partial charge on any atom is -0.457 e. The quantitative estimate of drug-likeness (QED) is 0.268. The molecule has 0 atom stereocenters. The molecule has 0 N–H and O–H groups in total. The van der Waals surface area contributed by atoms with Crippen LogP contribution in [-0.4, -0.2) is 18.4 Å². The molecule has 0 rings (SSSR count). The van der Waals surface area contributed by atoms with E-state index in [4.69, 9.17) is 0 Å². The Labute approximate surface area is 104 Å². The topological polar surface area (TPSA) is 43.4 Å². The Bertz CT molecular complexity index is 299. The molecule has 0 aliphatic heterocycles. The van der Waals surface area contributed by atoms with Gasteiger partial charge in [0.05, 0.1) is 0 Å². The fourth-order valence-electron chi connectivity index (χ4n) is 1.49. The van der Waals surface area contributed by atoms with E-state index in [1.54, 1.807) is 0 Å². The minimum absolute atomic E-state index is 0.189. The van der Waals surface area contributed by atoms with Crippen molar-refractivity contribution in [2.75, 3.05) is 6.61 Å². The van der Waals surface area contributed by atoms with Crippen LogP contribution in [0.2, 0.25) is 0 Å². The molecule has 3 nitrogen and oxygen atoms in total. The van der Waals surface area contributed by atoms with Gasteiger partial charge in [-0.2, -0.15) is 0 Å². The Morgan fingerprint density at radius 1 is 1.18 bits per heavy atom. The molecule has 0 aromatic heterocycles. The average molecular weight is 238 g/mol. The Morgan fingerprint density at radius 2 is 1.82 bits per heavy atom. The summed E-state index contributed by atoms with van der Waals surface area (Å²) in [5, 5.41) is 0. The lowest BCUT2D eigenvalue weighted by Gasteiger charge is -2.04. The van der Waals surface area contributed by atoms with Crippen LogP contribution >= 0.6 is 0 Å². The van der Waals surface area contributed by atoms with Crippen LogP contribution in [0.15, 0.2) is 17.9 Å². The Hall–Kier alpha value is -1.34. The highest BCUT2D eigenvalue weighted by atomic mass is 16.5. The van der Waals surface area contributed by atoms with Crippen molar-refractivity contribution in [1.29, 1.82) is 0 Å². The molecule has 0 aromatic carbocycles. The summed E-state index contributed by atoms with van der Waals surface area (Å²) in [6, 6.07) is 0. The van der Waals surface area contributed by atoms with Gasteiger partial charge in [0, 0.05) is 12.5 Å². The summed E-state index contributed by atoms with van der Waals surface area (Å²) in [4.78, 5) is 22.2. The SMILES string of the molecule is C=C=C(CCCCCCC)C(=O)COC(C)=O. The zero-order valence-electron chi connectivity index (χ0n) is 10.9. The van der Waals surface area contributed by atoms with Crippen molar-refractivity contribution in [2.24, 2.45) is 0 Å². The normalized spacial score (nSPS) is 9.53. The van der Waals surface area contributed by atoms with E-state index in [2.05, 4.69) is 24.0 Å². The summed E-state index contributed by atoms with van der Waals surface area (Å²) < 4.78 is 4.65. The first kappa shape index (κ1) is 15.7. The first-order valence-corrected chi connectivity index (χ1v) is 6.17. The van der Waals surface area contributed by atoms with Crippen molar-refractivity contribution in [3.05, 3.63) is 17.9 Å². The van der Waals surface area contributed by atoms with E-state index in [1.165, 1.54) is 26.2 Å². The lowest BCUT2D eigenvalue weighted by Crippen LogP contribution is -2.13. The summed E-state index contributed by atoms with van der Waals surface area (Å²) >= 11 is 0. The molecule has 17 heavy (non-hydrogen) atoms. The van der Waals surface area contributed by atoms with Gasteiger partial charge in [-0.25, -0.2) is 0 Å². The van der Waals surface area contributed by atoms with E-state index in [9.17, 15) is 9.59 Å². The van der Waals surface area contributed by atoms with Crippen molar-refractivity contribution in [1.82, 2.24) is 0 Å². The molecule has 0 amide bonds. The molecule has 0 bridgehead atoms. The summed E-state index contributed by atoms with van der Waals surface area (Å²) in [6.45, 7) is 6.76. The molecule has 0 saturated heterocycles. The van der Waals surface area contributed by atoms with Crippen LogP contribution < -0.4 is 0 Å². The van der Waals surface area contributed by atoms with E-state index in [1.807, 2.05) is 0 Å². The van der Waals surface area contributed by atoms with Gasteiger partial charge in [-0.3, -0.25) is 9.59 Å². The Kier molecular flexibility index (Phi) is 9.08. The highest BCUT2D eigenvalue weighted by molar-refractivity contribution is 5.96. The number of esters is 1. The number of rotatable bonds is 9. The zero-order chi connectivity index (χ0) is 13.1. The van der Waals surface area contributed by atoms with Crippen molar-refractivity contribution in [3.63, 3.8) is 0 Å². The van der Waals surface area contributed by atoms with Crippen LogP contribution in [0.5, 0.6) is 0 Å². The Morgan fingerprint density at radius 3 is 2.35 bits per heavy atom. The molecular weight excluding hydrogens is 216 g/mol. The summed E-state index contributed by atoms with van der Waals surface area (Å²) in [7, 11) is 0. The van der Waals surface area contributed by atoms with Gasteiger partial charge in [-0.1, -0.05) is 39.2 Å². The summed E-state index contributed by atoms with van der Waals surface area (Å²) in [6.07, 6.45) is 6.37. The smallest absolute Gasteiger partial charge is 0.303 e. The minimum atomic E-state index is -0.440. The maximum atomic E-state index is 11.6. The molecule has 0 spiro atoms. The van der Waals surface area contributed by atoms with Crippen molar-refractivity contribution >= 4 is 11.8 Å². The number of Topliss-reactive ketones (excluding diaryl/α,β-unsaturated/α-hetero) is 1. The average Bonchev–Trinajstić information content (AvgIpc) is 2.31. The van der Waals surface area contributed by atoms with Gasteiger partial charge in [-0.05, 0) is 12.8 Å². The number of unbranched alkanes of at least 4 members (excludes halogenated alkanes) is 4. The van der Waals surface area contributed by atoms with Crippen molar-refractivity contribution in [3.8, 4) is 0 Å². The Balaban J connectivity index is 3.87. The van der Waals surface area contributed by atoms with Crippen LogP contribution in [0.3, 0.4) is 0 Å². The van der Waals surface area contributed by atoms with Gasteiger partial charge in [-0.15, -0.1) is 5.73 Å². The van der Waals surface area contributed by atoms with Crippen molar-refractivity contribution in [2.45, 2.75) is 52.4 Å². The summed E-state index contributed by atoms with van der Waals surface area (Å²) in [5.74, 6) is -0.629. The predicted molar refractivity (Wildman–Crippen MR) is 67.7 cm³/mol. The van der Waals surface area contributed by atoms with Gasteiger partial charge in [0.25, 0.3) is 0 Å². The molecule has 0 heterocycles. The standard InChI is InChI=1S/C14H22O3/c1-4-6-7-8-9-10-13(5-2)14(16)11-17-12(3)15/h2,4,6-11H2,1,3H3. The predicted octanol–water partition coefficient (Wildman–Crippen LogP) is 3.19. The number of ether oxygens (including phenoxy) is 1. The molecule has 0 fully saturated rings.